The average molecular weight is 155 g/mol. The third-order valence-corrected chi connectivity index (χ3v) is 2.34. The molecule has 0 heterocycles. The van der Waals surface area contributed by atoms with E-state index in [-0.39, 0.29) is 0 Å². The molecule has 0 saturated heterocycles. The Morgan fingerprint density at radius 1 is 1.36 bits per heavy atom. The fourth-order valence-corrected chi connectivity index (χ4v) is 1.67. The maximum absolute atomic E-state index is 10.5. The van der Waals surface area contributed by atoms with Crippen molar-refractivity contribution >= 4 is 5.91 Å². The first kappa shape index (κ1) is 8.37. The minimum atomic E-state index is -0.489. The van der Waals surface area contributed by atoms with Crippen LogP contribution in [0.1, 0.15) is 38.5 Å². The van der Waals surface area contributed by atoms with Gasteiger partial charge in [-0.3, -0.25) is 4.79 Å². The van der Waals surface area contributed by atoms with Gasteiger partial charge in [0.05, 0.1) is 0 Å². The van der Waals surface area contributed by atoms with Gasteiger partial charge >= 0.3 is 0 Å². The topological polar surface area (TPSA) is 46.5 Å². The van der Waals surface area contributed by atoms with Gasteiger partial charge in [0.15, 0.2) is 0 Å². The van der Waals surface area contributed by atoms with Crippen molar-refractivity contribution in [3.05, 3.63) is 4.91 Å². The highest BCUT2D eigenvalue weighted by Gasteiger charge is 2.15. The molecule has 0 radical (unpaired) electrons. The second-order valence-corrected chi connectivity index (χ2v) is 3.17. The van der Waals surface area contributed by atoms with Crippen molar-refractivity contribution in [3.63, 3.8) is 0 Å². The number of nitrogens with zero attached hydrogens (tertiary/aromatic N) is 1. The van der Waals surface area contributed by atoms with E-state index in [2.05, 4.69) is 5.18 Å². The molecule has 1 amide bonds. The molecule has 0 unspecified atom stereocenters. The van der Waals surface area contributed by atoms with E-state index in [4.69, 9.17) is 0 Å². The molecule has 0 aromatic heterocycles. The fourth-order valence-electron chi connectivity index (χ4n) is 1.67. The maximum atomic E-state index is 10.5. The molecule has 11 heavy (non-hydrogen) atoms. The third-order valence-electron chi connectivity index (χ3n) is 2.34. The molecule has 62 valence electrons. The van der Waals surface area contributed by atoms with Gasteiger partial charge in [0.25, 0.3) is 5.91 Å². The van der Waals surface area contributed by atoms with Crippen LogP contribution in [0.15, 0.2) is 5.18 Å². The number of nitroso groups, excluding NO2 is 1. The van der Waals surface area contributed by atoms with Gasteiger partial charge in [-0.25, -0.2) is 0 Å². The van der Waals surface area contributed by atoms with Crippen molar-refractivity contribution in [3.8, 4) is 0 Å². The maximum Gasteiger partial charge on any atom is 0.286 e. The highest BCUT2D eigenvalue weighted by molar-refractivity contribution is 5.76. The van der Waals surface area contributed by atoms with Crippen LogP contribution in [0.2, 0.25) is 0 Å². The van der Waals surface area contributed by atoms with Gasteiger partial charge in [-0.1, -0.05) is 25.7 Å². The van der Waals surface area contributed by atoms with E-state index in [0.29, 0.717) is 12.3 Å². The normalized spacial score (nSPS) is 18.5. The Morgan fingerprint density at radius 2 is 2.00 bits per heavy atom. The van der Waals surface area contributed by atoms with Crippen molar-refractivity contribution in [2.24, 2.45) is 11.1 Å². The Labute approximate surface area is 66.1 Å². The molecule has 0 aliphatic heterocycles. The lowest BCUT2D eigenvalue weighted by Gasteiger charge is -2.04. The Hall–Kier alpha value is -0.730. The molecule has 3 nitrogen and oxygen atoms in total. The van der Waals surface area contributed by atoms with Crippen molar-refractivity contribution in [1.29, 1.82) is 0 Å². The van der Waals surface area contributed by atoms with E-state index in [1.54, 1.807) is 0 Å². The van der Waals surface area contributed by atoms with E-state index in [9.17, 15) is 9.70 Å². The summed E-state index contributed by atoms with van der Waals surface area (Å²) in [6.07, 6.45) is 6.25. The lowest BCUT2D eigenvalue weighted by molar-refractivity contribution is -0.118. The summed E-state index contributed by atoms with van der Waals surface area (Å²) >= 11 is 0. The van der Waals surface area contributed by atoms with Gasteiger partial charge < -0.3 is 0 Å². The molecule has 0 aromatic rings. The lowest BCUT2D eigenvalue weighted by atomic mass is 10.0. The predicted molar refractivity (Wildman–Crippen MR) is 42.0 cm³/mol. The van der Waals surface area contributed by atoms with E-state index < -0.39 is 5.91 Å². The quantitative estimate of drug-likeness (QED) is 0.587. The molecule has 1 aliphatic carbocycles. The summed E-state index contributed by atoms with van der Waals surface area (Å²) in [7, 11) is 0. The highest BCUT2D eigenvalue weighted by atomic mass is 16.3. The summed E-state index contributed by atoms with van der Waals surface area (Å²) in [5.74, 6) is 0.192. The molecule has 0 spiro atoms. The first-order chi connectivity index (χ1) is 5.33. The number of rotatable bonds is 3. The number of hydrogen-bond acceptors (Lipinski definition) is 2. The average Bonchev–Trinajstić information content (AvgIpc) is 2.52. The Bertz CT molecular complexity index is 150. The third kappa shape index (κ3) is 2.78. The smallest absolute Gasteiger partial charge is 0.269 e. The molecule has 1 rings (SSSR count). The van der Waals surface area contributed by atoms with E-state index in [1.807, 2.05) is 0 Å². The number of carbonyl (C=O) groups is 1. The Kier molecular flexibility index (Phi) is 3.20. The van der Waals surface area contributed by atoms with Crippen LogP contribution in [-0.2, 0) is 4.79 Å². The SMILES string of the molecule is O=NC(=O)CCC1CCCC1. The highest BCUT2D eigenvalue weighted by Crippen LogP contribution is 2.28. The molecule has 1 aliphatic rings. The van der Waals surface area contributed by atoms with Gasteiger partial charge in [0, 0.05) is 11.6 Å². The van der Waals surface area contributed by atoms with E-state index in [0.717, 1.165) is 6.42 Å². The van der Waals surface area contributed by atoms with Gasteiger partial charge in [-0.15, -0.1) is 4.91 Å². The summed E-state index contributed by atoms with van der Waals surface area (Å²) in [4.78, 5) is 20.2. The molecule has 0 aromatic carbocycles. The second kappa shape index (κ2) is 4.21. The monoisotopic (exact) mass is 155 g/mol. The van der Waals surface area contributed by atoms with Gasteiger partial charge in [-0.05, 0) is 12.3 Å². The van der Waals surface area contributed by atoms with Crippen LogP contribution in [0.5, 0.6) is 0 Å². The lowest BCUT2D eigenvalue weighted by Crippen LogP contribution is -1.98. The van der Waals surface area contributed by atoms with Crippen molar-refractivity contribution < 1.29 is 4.79 Å². The summed E-state index contributed by atoms with van der Waals surface area (Å²) in [5, 5.41) is 2.36. The van der Waals surface area contributed by atoms with Crippen molar-refractivity contribution in [1.82, 2.24) is 0 Å². The molecule has 1 saturated carbocycles. The molecule has 3 heteroatoms. The van der Waals surface area contributed by atoms with E-state index in [1.165, 1.54) is 25.7 Å². The van der Waals surface area contributed by atoms with Crippen LogP contribution < -0.4 is 0 Å². The second-order valence-electron chi connectivity index (χ2n) is 3.17. The van der Waals surface area contributed by atoms with Gasteiger partial charge in [0.2, 0.25) is 0 Å². The number of amides is 1. The molecule has 0 atom stereocenters. The van der Waals surface area contributed by atoms with Crippen LogP contribution in [0.4, 0.5) is 0 Å². The predicted octanol–water partition coefficient (Wildman–Crippen LogP) is 2.25. The van der Waals surface area contributed by atoms with Crippen LogP contribution in [0.3, 0.4) is 0 Å². The summed E-state index contributed by atoms with van der Waals surface area (Å²) in [6.45, 7) is 0. The van der Waals surface area contributed by atoms with Crippen molar-refractivity contribution in [2.45, 2.75) is 38.5 Å². The summed E-state index contributed by atoms with van der Waals surface area (Å²) in [6, 6.07) is 0. The Balaban J connectivity index is 2.10. The zero-order valence-corrected chi connectivity index (χ0v) is 6.58. The first-order valence-electron chi connectivity index (χ1n) is 4.19. The van der Waals surface area contributed by atoms with Crippen LogP contribution >= 0.6 is 0 Å². The number of carbonyl (C=O) groups excluding carboxylic acids is 1. The standard InChI is InChI=1S/C8H13NO2/c10-8(9-11)6-5-7-3-1-2-4-7/h7H,1-6H2. The van der Waals surface area contributed by atoms with E-state index >= 15 is 0 Å². The molecular weight excluding hydrogens is 142 g/mol. The van der Waals surface area contributed by atoms with Crippen molar-refractivity contribution in [2.75, 3.05) is 0 Å². The molecular formula is C8H13NO2. The number of hydrogen-bond donors (Lipinski definition) is 0. The van der Waals surface area contributed by atoms with Gasteiger partial charge in [0.1, 0.15) is 0 Å². The summed E-state index contributed by atoms with van der Waals surface area (Å²) in [5.41, 5.74) is 0. The molecule has 0 bridgehead atoms. The van der Waals surface area contributed by atoms with Crippen LogP contribution in [-0.4, -0.2) is 5.91 Å². The zero-order valence-electron chi connectivity index (χ0n) is 6.58. The largest absolute Gasteiger partial charge is 0.286 e. The minimum absolute atomic E-state index is 0.355. The zero-order chi connectivity index (χ0) is 8.10. The molecule has 0 N–H and O–H groups in total. The van der Waals surface area contributed by atoms with Crippen LogP contribution in [0, 0.1) is 10.8 Å². The fraction of sp³-hybridized carbons (Fsp3) is 0.875. The van der Waals surface area contributed by atoms with Crippen LogP contribution in [0.25, 0.3) is 0 Å². The molecule has 1 fully saturated rings. The van der Waals surface area contributed by atoms with Gasteiger partial charge in [-0.2, -0.15) is 0 Å². The Morgan fingerprint density at radius 3 is 2.55 bits per heavy atom. The minimum Gasteiger partial charge on any atom is -0.269 e. The summed E-state index contributed by atoms with van der Waals surface area (Å²) < 4.78 is 0. The first-order valence-corrected chi connectivity index (χ1v) is 4.19.